The summed E-state index contributed by atoms with van der Waals surface area (Å²) in [6.07, 6.45) is 0. The molecule has 5 heteroatoms. The summed E-state index contributed by atoms with van der Waals surface area (Å²) in [7, 11) is 1.90. The van der Waals surface area contributed by atoms with Crippen molar-refractivity contribution in [1.82, 2.24) is 9.78 Å². The van der Waals surface area contributed by atoms with Gasteiger partial charge in [0.15, 0.2) is 0 Å². The molecule has 20 heavy (non-hydrogen) atoms. The Labute approximate surface area is 124 Å². The minimum Gasteiger partial charge on any atom is -0.487 e. The highest BCUT2D eigenvalue weighted by Crippen LogP contribution is 2.24. The van der Waals surface area contributed by atoms with E-state index in [0.29, 0.717) is 16.8 Å². The third-order valence-electron chi connectivity index (χ3n) is 3.10. The predicted molar refractivity (Wildman–Crippen MR) is 79.1 cm³/mol. The Morgan fingerprint density at radius 1 is 1.25 bits per heavy atom. The Morgan fingerprint density at radius 3 is 2.85 bits per heavy atom. The summed E-state index contributed by atoms with van der Waals surface area (Å²) in [5, 5.41) is 5.52. The molecular weight excluding hydrogens is 323 g/mol. The smallest absolute Gasteiger partial charge is 0.137 e. The summed E-state index contributed by atoms with van der Waals surface area (Å²) in [6.45, 7) is 0.347. The largest absolute Gasteiger partial charge is 0.487 e. The second-order valence-corrected chi connectivity index (χ2v) is 5.31. The number of hydrogen-bond acceptors (Lipinski definition) is 2. The molecule has 0 saturated heterocycles. The van der Waals surface area contributed by atoms with Gasteiger partial charge in [-0.05, 0) is 40.2 Å². The van der Waals surface area contributed by atoms with Crippen LogP contribution in [-0.2, 0) is 13.7 Å². The van der Waals surface area contributed by atoms with Gasteiger partial charge in [0.2, 0.25) is 0 Å². The molecule has 0 aliphatic rings. The fourth-order valence-electron chi connectivity index (χ4n) is 2.11. The lowest BCUT2D eigenvalue weighted by Crippen LogP contribution is -1.98. The van der Waals surface area contributed by atoms with Crippen LogP contribution in [0.4, 0.5) is 4.39 Å². The Morgan fingerprint density at radius 2 is 2.05 bits per heavy atom. The zero-order chi connectivity index (χ0) is 14.1. The van der Waals surface area contributed by atoms with E-state index in [-0.39, 0.29) is 5.82 Å². The fraction of sp³-hybridized carbons (Fsp3) is 0.133. The molecule has 0 N–H and O–H groups in total. The summed E-state index contributed by atoms with van der Waals surface area (Å²) in [6, 6.07) is 12.6. The fourth-order valence-corrected chi connectivity index (χ4v) is 2.47. The van der Waals surface area contributed by atoms with E-state index >= 15 is 0 Å². The van der Waals surface area contributed by atoms with Crippen molar-refractivity contribution in [2.24, 2.45) is 7.05 Å². The first-order chi connectivity index (χ1) is 9.65. The van der Waals surface area contributed by atoms with Crippen LogP contribution in [0.1, 0.15) is 5.69 Å². The Kier molecular flexibility index (Phi) is 3.44. The molecule has 0 fully saturated rings. The molecule has 3 rings (SSSR count). The zero-order valence-electron chi connectivity index (χ0n) is 10.8. The van der Waals surface area contributed by atoms with Gasteiger partial charge >= 0.3 is 0 Å². The lowest BCUT2D eigenvalue weighted by molar-refractivity contribution is 0.300. The zero-order valence-corrected chi connectivity index (χ0v) is 12.4. The molecule has 0 bridgehead atoms. The number of nitrogens with zero attached hydrogens (tertiary/aromatic N) is 2. The van der Waals surface area contributed by atoms with Gasteiger partial charge in [-0.25, -0.2) is 4.39 Å². The maximum atomic E-state index is 13.2. The van der Waals surface area contributed by atoms with Gasteiger partial charge in [-0.15, -0.1) is 0 Å². The van der Waals surface area contributed by atoms with Crippen molar-refractivity contribution in [2.75, 3.05) is 0 Å². The number of ether oxygens (including phenoxy) is 1. The van der Waals surface area contributed by atoms with Gasteiger partial charge in [0.05, 0.1) is 9.99 Å². The minimum absolute atomic E-state index is 0.305. The van der Waals surface area contributed by atoms with E-state index in [0.717, 1.165) is 16.6 Å². The molecule has 1 heterocycles. The van der Waals surface area contributed by atoms with Crippen LogP contribution in [0, 0.1) is 5.82 Å². The van der Waals surface area contributed by atoms with Crippen LogP contribution in [-0.4, -0.2) is 9.78 Å². The summed E-state index contributed by atoms with van der Waals surface area (Å²) in [4.78, 5) is 0. The van der Waals surface area contributed by atoms with Crippen LogP contribution < -0.4 is 4.74 Å². The van der Waals surface area contributed by atoms with Crippen LogP contribution in [0.3, 0.4) is 0 Å². The maximum absolute atomic E-state index is 13.2. The molecule has 0 atom stereocenters. The monoisotopic (exact) mass is 334 g/mol. The van der Waals surface area contributed by atoms with E-state index in [9.17, 15) is 4.39 Å². The lowest BCUT2D eigenvalue weighted by atomic mass is 10.2. The van der Waals surface area contributed by atoms with Gasteiger partial charge in [0, 0.05) is 12.4 Å². The van der Waals surface area contributed by atoms with Gasteiger partial charge < -0.3 is 4.74 Å². The van der Waals surface area contributed by atoms with Gasteiger partial charge in [0.25, 0.3) is 0 Å². The van der Waals surface area contributed by atoms with Gasteiger partial charge in [-0.2, -0.15) is 5.10 Å². The second kappa shape index (κ2) is 5.25. The Balaban J connectivity index is 1.85. The van der Waals surface area contributed by atoms with Crippen LogP contribution in [0.2, 0.25) is 0 Å². The first kappa shape index (κ1) is 13.1. The molecule has 3 nitrogen and oxygen atoms in total. The van der Waals surface area contributed by atoms with Crippen molar-refractivity contribution in [3.63, 3.8) is 0 Å². The molecule has 0 spiro atoms. The summed E-state index contributed by atoms with van der Waals surface area (Å²) < 4.78 is 21.0. The molecular formula is C15H12BrFN2O. The van der Waals surface area contributed by atoms with Gasteiger partial charge in [-0.1, -0.05) is 18.2 Å². The van der Waals surface area contributed by atoms with Crippen molar-refractivity contribution in [3.05, 3.63) is 58.4 Å². The van der Waals surface area contributed by atoms with Gasteiger partial charge in [-0.3, -0.25) is 4.68 Å². The highest BCUT2D eigenvalue weighted by Gasteiger charge is 2.09. The standard InChI is InChI=1S/C15H12BrFN2O/c1-19-15-5-3-2-4-11(15)14(18-19)9-20-10-6-7-13(17)12(16)8-10/h2-8H,9H2,1H3. The summed E-state index contributed by atoms with van der Waals surface area (Å²) in [5.41, 5.74) is 1.93. The third kappa shape index (κ3) is 2.41. The number of para-hydroxylation sites is 1. The van der Waals surface area contributed by atoms with Crippen molar-refractivity contribution in [1.29, 1.82) is 0 Å². The van der Waals surface area contributed by atoms with E-state index in [2.05, 4.69) is 21.0 Å². The van der Waals surface area contributed by atoms with Crippen LogP contribution in [0.15, 0.2) is 46.9 Å². The molecule has 0 aliphatic heterocycles. The molecule has 0 radical (unpaired) electrons. The van der Waals surface area contributed by atoms with Crippen LogP contribution in [0.5, 0.6) is 5.75 Å². The molecule has 2 aromatic carbocycles. The maximum Gasteiger partial charge on any atom is 0.137 e. The highest BCUT2D eigenvalue weighted by atomic mass is 79.9. The van der Waals surface area contributed by atoms with Crippen molar-refractivity contribution < 1.29 is 9.13 Å². The molecule has 0 saturated carbocycles. The predicted octanol–water partition coefficient (Wildman–Crippen LogP) is 4.05. The second-order valence-electron chi connectivity index (χ2n) is 4.45. The van der Waals surface area contributed by atoms with Gasteiger partial charge in [0.1, 0.15) is 23.9 Å². The summed E-state index contributed by atoms with van der Waals surface area (Å²) in [5.74, 6) is 0.300. The molecule has 0 unspecified atom stereocenters. The highest BCUT2D eigenvalue weighted by molar-refractivity contribution is 9.10. The molecule has 3 aromatic rings. The number of rotatable bonds is 3. The molecule has 102 valence electrons. The number of fused-ring (bicyclic) bond motifs is 1. The SMILES string of the molecule is Cn1nc(COc2ccc(F)c(Br)c2)c2ccccc21. The number of halogens is 2. The molecule has 0 aliphatic carbocycles. The number of aromatic nitrogens is 2. The average molecular weight is 335 g/mol. The van der Waals surface area contributed by atoms with E-state index in [1.807, 2.05) is 36.0 Å². The van der Waals surface area contributed by atoms with Crippen molar-refractivity contribution >= 4 is 26.8 Å². The first-order valence-electron chi connectivity index (χ1n) is 6.13. The average Bonchev–Trinajstić information content (AvgIpc) is 2.78. The normalized spacial score (nSPS) is 10.9. The number of benzene rings is 2. The number of aryl methyl sites for hydroxylation is 1. The van der Waals surface area contributed by atoms with Crippen molar-refractivity contribution in [2.45, 2.75) is 6.61 Å². The molecule has 1 aromatic heterocycles. The topological polar surface area (TPSA) is 27.1 Å². The van der Waals surface area contributed by atoms with Crippen LogP contribution in [0.25, 0.3) is 10.9 Å². The molecule has 0 amide bonds. The Bertz CT molecular complexity index is 770. The third-order valence-corrected chi connectivity index (χ3v) is 3.71. The van der Waals surface area contributed by atoms with E-state index in [1.54, 1.807) is 12.1 Å². The van der Waals surface area contributed by atoms with E-state index in [1.165, 1.54) is 6.07 Å². The first-order valence-corrected chi connectivity index (χ1v) is 6.93. The van der Waals surface area contributed by atoms with E-state index in [4.69, 9.17) is 4.74 Å². The minimum atomic E-state index is -0.305. The Hall–Kier alpha value is -1.88. The van der Waals surface area contributed by atoms with Crippen molar-refractivity contribution in [3.8, 4) is 5.75 Å². The lowest BCUT2D eigenvalue weighted by Gasteiger charge is -2.05. The number of hydrogen-bond donors (Lipinski definition) is 0. The van der Waals surface area contributed by atoms with E-state index < -0.39 is 0 Å². The summed E-state index contributed by atoms with van der Waals surface area (Å²) >= 11 is 3.14. The quantitative estimate of drug-likeness (QED) is 0.722. The van der Waals surface area contributed by atoms with Crippen LogP contribution >= 0.6 is 15.9 Å².